The van der Waals surface area contributed by atoms with E-state index >= 15 is 0 Å². The predicted molar refractivity (Wildman–Crippen MR) is 132 cm³/mol. The Kier molecular flexibility index (Phi) is 11.0. The Morgan fingerprint density at radius 1 is 1.18 bits per heavy atom. The third-order valence-electron chi connectivity index (χ3n) is 5.42. The van der Waals surface area contributed by atoms with Crippen molar-refractivity contribution in [2.45, 2.75) is 39.2 Å². The van der Waals surface area contributed by atoms with Crippen LogP contribution in [0.3, 0.4) is 0 Å². The molecule has 2 amide bonds. The fourth-order valence-corrected chi connectivity index (χ4v) is 3.23. The lowest BCUT2D eigenvalue weighted by molar-refractivity contribution is -0.117. The number of pyridine rings is 1. The topological polar surface area (TPSA) is 105 Å². The largest absolute Gasteiger partial charge is 0.502 e. The number of amides is 2. The number of nitrogens with one attached hydrogen (secondary N) is 3. The van der Waals surface area contributed by atoms with Gasteiger partial charge in [0.2, 0.25) is 0 Å². The zero-order valence-electron chi connectivity index (χ0n) is 19.9. The van der Waals surface area contributed by atoms with E-state index in [-0.39, 0.29) is 29.5 Å². The zero-order chi connectivity index (χ0) is 24.1. The molecule has 8 nitrogen and oxygen atoms in total. The third kappa shape index (κ3) is 7.98. The highest BCUT2D eigenvalue weighted by molar-refractivity contribution is 6.06. The molecule has 2 aromatic rings. The van der Waals surface area contributed by atoms with Crippen LogP contribution in [0, 0.1) is 5.92 Å². The van der Waals surface area contributed by atoms with Gasteiger partial charge in [0.25, 0.3) is 11.8 Å². The number of methoxy groups -OCH3 is 1. The first-order valence-electron chi connectivity index (χ1n) is 11.4. The number of carbonyl (C=O) groups is 2. The number of fused-ring (bicyclic) bond motifs is 1. The van der Waals surface area contributed by atoms with Crippen LogP contribution in [-0.4, -0.2) is 56.3 Å². The fraction of sp³-hybridized carbons (Fsp3) is 0.440. The minimum atomic E-state index is -0.382. The SMILES string of the molecule is CC[C@H](C)[C@@H](C=N/C(=C\OC)C(=O)NCCCCNC)NC(=O)c1nccc2ccccc12. The lowest BCUT2D eigenvalue weighted by atomic mass is 9.99. The van der Waals surface area contributed by atoms with E-state index in [9.17, 15) is 9.59 Å². The number of ether oxygens (including phenoxy) is 1. The number of nitrogens with zero attached hydrogens (tertiary/aromatic N) is 2. The van der Waals surface area contributed by atoms with E-state index in [1.54, 1.807) is 12.4 Å². The first-order chi connectivity index (χ1) is 16.0. The number of rotatable bonds is 13. The summed E-state index contributed by atoms with van der Waals surface area (Å²) >= 11 is 0. The molecule has 0 spiro atoms. The number of carbonyl (C=O) groups excluding carboxylic acids is 2. The van der Waals surface area contributed by atoms with Gasteiger partial charge in [-0.3, -0.25) is 19.6 Å². The Hall–Kier alpha value is -3.26. The molecule has 178 valence electrons. The highest BCUT2D eigenvalue weighted by atomic mass is 16.5. The van der Waals surface area contributed by atoms with Gasteiger partial charge >= 0.3 is 0 Å². The standard InChI is InChI=1S/C25H35N5O3/c1-5-18(2)21(16-29-22(17-33-4)24(31)28-14-9-8-13-26-3)30-25(32)23-20-11-7-6-10-19(20)12-15-27-23/h6-7,10-12,15-18,21,26H,5,8-9,13-14H2,1-4H3,(H,28,31)(H,30,32)/b22-17-,29-16?/t18-,21+/m0/s1. The lowest BCUT2D eigenvalue weighted by Crippen LogP contribution is -2.41. The van der Waals surface area contributed by atoms with Crippen molar-refractivity contribution in [3.63, 3.8) is 0 Å². The average Bonchev–Trinajstić information content (AvgIpc) is 2.84. The smallest absolute Gasteiger partial charge is 0.273 e. The van der Waals surface area contributed by atoms with Crippen LogP contribution in [-0.2, 0) is 9.53 Å². The second-order valence-corrected chi connectivity index (χ2v) is 7.85. The molecule has 0 bridgehead atoms. The maximum atomic E-state index is 13.1. The van der Waals surface area contributed by atoms with Crippen molar-refractivity contribution in [2.24, 2.45) is 10.9 Å². The van der Waals surface area contributed by atoms with Gasteiger partial charge in [0, 0.05) is 24.3 Å². The van der Waals surface area contributed by atoms with E-state index < -0.39 is 0 Å². The number of aromatic nitrogens is 1. The molecule has 1 heterocycles. The van der Waals surface area contributed by atoms with E-state index in [1.807, 2.05) is 51.2 Å². The highest BCUT2D eigenvalue weighted by Crippen LogP contribution is 2.17. The van der Waals surface area contributed by atoms with E-state index in [2.05, 4.69) is 25.9 Å². The first-order valence-corrected chi connectivity index (χ1v) is 11.4. The van der Waals surface area contributed by atoms with Gasteiger partial charge in [-0.05, 0) is 43.8 Å². The van der Waals surface area contributed by atoms with Crippen LogP contribution >= 0.6 is 0 Å². The Labute approximate surface area is 195 Å². The summed E-state index contributed by atoms with van der Waals surface area (Å²) in [6.07, 6.45) is 7.18. The van der Waals surface area contributed by atoms with Crippen molar-refractivity contribution in [1.82, 2.24) is 20.9 Å². The summed E-state index contributed by atoms with van der Waals surface area (Å²) in [6.45, 7) is 5.51. The molecule has 3 N–H and O–H groups in total. The molecule has 0 aliphatic rings. The van der Waals surface area contributed by atoms with Crippen LogP contribution in [0.5, 0.6) is 0 Å². The minimum absolute atomic E-state index is 0.0982. The highest BCUT2D eigenvalue weighted by Gasteiger charge is 2.20. The monoisotopic (exact) mass is 453 g/mol. The molecule has 8 heteroatoms. The Morgan fingerprint density at radius 2 is 1.94 bits per heavy atom. The first kappa shape index (κ1) is 26.0. The molecule has 0 unspecified atom stereocenters. The lowest BCUT2D eigenvalue weighted by Gasteiger charge is -2.20. The van der Waals surface area contributed by atoms with Gasteiger partial charge in [0.1, 0.15) is 12.0 Å². The molecule has 0 fully saturated rings. The van der Waals surface area contributed by atoms with Crippen LogP contribution in [0.15, 0.2) is 53.5 Å². The maximum absolute atomic E-state index is 13.1. The van der Waals surface area contributed by atoms with E-state index in [0.29, 0.717) is 12.2 Å². The quantitative estimate of drug-likeness (QED) is 0.187. The number of benzene rings is 1. The summed E-state index contributed by atoms with van der Waals surface area (Å²) in [6, 6.07) is 9.12. The molecule has 1 aromatic carbocycles. The summed E-state index contributed by atoms with van der Waals surface area (Å²) in [7, 11) is 3.37. The van der Waals surface area contributed by atoms with E-state index in [4.69, 9.17) is 4.74 Å². The third-order valence-corrected chi connectivity index (χ3v) is 5.42. The molecule has 33 heavy (non-hydrogen) atoms. The average molecular weight is 454 g/mol. The van der Waals surface area contributed by atoms with Crippen LogP contribution in [0.2, 0.25) is 0 Å². The molecular weight excluding hydrogens is 418 g/mol. The van der Waals surface area contributed by atoms with Crippen molar-refractivity contribution in [3.05, 3.63) is 54.2 Å². The molecule has 0 saturated carbocycles. The zero-order valence-corrected chi connectivity index (χ0v) is 19.9. The minimum Gasteiger partial charge on any atom is -0.502 e. The summed E-state index contributed by atoms with van der Waals surface area (Å²) in [5, 5.41) is 10.7. The van der Waals surface area contributed by atoms with Crippen molar-refractivity contribution in [1.29, 1.82) is 0 Å². The van der Waals surface area contributed by atoms with Gasteiger partial charge in [-0.15, -0.1) is 0 Å². The van der Waals surface area contributed by atoms with Crippen molar-refractivity contribution >= 4 is 28.8 Å². The number of hydrogen-bond acceptors (Lipinski definition) is 6. The molecule has 0 aliphatic carbocycles. The van der Waals surface area contributed by atoms with Crippen LogP contribution in [0.4, 0.5) is 0 Å². The van der Waals surface area contributed by atoms with Crippen LogP contribution < -0.4 is 16.0 Å². The van der Waals surface area contributed by atoms with Gasteiger partial charge in [0.15, 0.2) is 5.70 Å². The van der Waals surface area contributed by atoms with Crippen LogP contribution in [0.25, 0.3) is 10.8 Å². The second kappa shape index (κ2) is 14.0. The number of hydrogen-bond donors (Lipinski definition) is 3. The predicted octanol–water partition coefficient (Wildman–Crippen LogP) is 3.05. The van der Waals surface area contributed by atoms with Gasteiger partial charge < -0.3 is 20.7 Å². The van der Waals surface area contributed by atoms with Crippen LogP contribution in [0.1, 0.15) is 43.6 Å². The number of aliphatic imine (C=N–C) groups is 1. The van der Waals surface area contributed by atoms with Crippen molar-refractivity contribution in [2.75, 3.05) is 27.2 Å². The second-order valence-electron chi connectivity index (χ2n) is 7.85. The fourth-order valence-electron chi connectivity index (χ4n) is 3.23. The van der Waals surface area contributed by atoms with Crippen molar-refractivity contribution in [3.8, 4) is 0 Å². The van der Waals surface area contributed by atoms with E-state index in [0.717, 1.165) is 36.6 Å². The Bertz CT molecular complexity index is 968. The van der Waals surface area contributed by atoms with Gasteiger partial charge in [0.05, 0.1) is 13.2 Å². The molecule has 0 radical (unpaired) electrons. The summed E-state index contributed by atoms with van der Waals surface area (Å²) in [5.41, 5.74) is 0.513. The molecule has 0 aliphatic heterocycles. The molecule has 1 aromatic heterocycles. The summed E-state index contributed by atoms with van der Waals surface area (Å²) in [5.74, 6) is -0.501. The summed E-state index contributed by atoms with van der Waals surface area (Å²) in [4.78, 5) is 34.2. The number of unbranched alkanes of at least 4 members (excludes halogenated alkanes) is 1. The maximum Gasteiger partial charge on any atom is 0.273 e. The van der Waals surface area contributed by atoms with Crippen molar-refractivity contribution < 1.29 is 14.3 Å². The van der Waals surface area contributed by atoms with E-state index in [1.165, 1.54) is 13.4 Å². The normalized spacial score (nSPS) is 13.6. The van der Waals surface area contributed by atoms with Gasteiger partial charge in [-0.2, -0.15) is 0 Å². The Balaban J connectivity index is 2.13. The van der Waals surface area contributed by atoms with Gasteiger partial charge in [-0.25, -0.2) is 0 Å². The summed E-state index contributed by atoms with van der Waals surface area (Å²) < 4.78 is 5.04. The molecule has 2 atom stereocenters. The molecule has 0 saturated heterocycles. The van der Waals surface area contributed by atoms with Gasteiger partial charge in [-0.1, -0.05) is 44.5 Å². The molecular formula is C25H35N5O3. The Morgan fingerprint density at radius 3 is 2.67 bits per heavy atom. The molecule has 2 rings (SSSR count).